The molecule has 2 aromatic carbocycles. The number of hydrogen-bond acceptors (Lipinski definition) is 1. The summed E-state index contributed by atoms with van der Waals surface area (Å²) in [5.41, 5.74) is 12.3. The first kappa shape index (κ1) is 12.7. The molecule has 0 bridgehead atoms. The second kappa shape index (κ2) is 5.72. The molecule has 0 aliphatic heterocycles. The Kier molecular flexibility index (Phi) is 4.03. The predicted octanol–water partition coefficient (Wildman–Crippen LogP) is 4.59. The van der Waals surface area contributed by atoms with E-state index in [0.717, 1.165) is 12.1 Å². The first-order chi connectivity index (χ1) is 8.74. The van der Waals surface area contributed by atoms with Crippen molar-refractivity contribution < 1.29 is 0 Å². The Morgan fingerprint density at radius 1 is 1.00 bits per heavy atom. The van der Waals surface area contributed by atoms with Crippen molar-refractivity contribution in [3.05, 3.63) is 53.6 Å². The summed E-state index contributed by atoms with van der Waals surface area (Å²) in [6.07, 6.45) is 3.53. The molecule has 18 heavy (non-hydrogen) atoms. The lowest BCUT2D eigenvalue weighted by Gasteiger charge is -2.15. The molecule has 0 heterocycles. The van der Waals surface area contributed by atoms with Gasteiger partial charge in [0.25, 0.3) is 0 Å². The van der Waals surface area contributed by atoms with Gasteiger partial charge in [-0.2, -0.15) is 0 Å². The van der Waals surface area contributed by atoms with Crippen LogP contribution in [0.3, 0.4) is 0 Å². The molecule has 0 saturated heterocycles. The van der Waals surface area contributed by atoms with E-state index in [-0.39, 0.29) is 0 Å². The number of nitrogens with two attached hydrogens (primary N) is 1. The molecule has 0 spiro atoms. The summed E-state index contributed by atoms with van der Waals surface area (Å²) in [6, 6.07) is 14.6. The normalized spacial score (nSPS) is 10.6. The van der Waals surface area contributed by atoms with Crippen molar-refractivity contribution in [1.82, 2.24) is 0 Å². The smallest absolute Gasteiger partial charge is 0.0396 e. The first-order valence-electron chi connectivity index (χ1n) is 6.67. The molecule has 2 N–H and O–H groups in total. The topological polar surface area (TPSA) is 26.0 Å². The van der Waals surface area contributed by atoms with Crippen LogP contribution in [-0.4, -0.2) is 0 Å². The van der Waals surface area contributed by atoms with Gasteiger partial charge < -0.3 is 5.73 Å². The number of rotatable bonds is 4. The van der Waals surface area contributed by atoms with Crippen molar-refractivity contribution in [3.63, 3.8) is 0 Å². The average Bonchev–Trinajstić information content (AvgIpc) is 2.40. The molecule has 0 aromatic heterocycles. The minimum atomic E-state index is 0.887. The SMILES string of the molecule is CCCCc1c(C)ccc(N)c1-c1ccccc1. The molecule has 0 atom stereocenters. The zero-order chi connectivity index (χ0) is 13.0. The van der Waals surface area contributed by atoms with Gasteiger partial charge in [0.2, 0.25) is 0 Å². The summed E-state index contributed by atoms with van der Waals surface area (Å²) in [5, 5.41) is 0. The summed E-state index contributed by atoms with van der Waals surface area (Å²) in [4.78, 5) is 0. The number of anilines is 1. The maximum atomic E-state index is 6.19. The molecule has 0 unspecified atom stereocenters. The Bertz CT molecular complexity index is 515. The van der Waals surface area contributed by atoms with Crippen molar-refractivity contribution in [2.75, 3.05) is 5.73 Å². The van der Waals surface area contributed by atoms with Crippen molar-refractivity contribution in [1.29, 1.82) is 0 Å². The van der Waals surface area contributed by atoms with Gasteiger partial charge >= 0.3 is 0 Å². The number of unbranched alkanes of at least 4 members (excludes halogenated alkanes) is 1. The van der Waals surface area contributed by atoms with Crippen molar-refractivity contribution in [2.24, 2.45) is 0 Å². The molecular formula is C17H21N. The molecule has 0 radical (unpaired) electrons. The van der Waals surface area contributed by atoms with Gasteiger partial charge in [-0.3, -0.25) is 0 Å². The zero-order valence-electron chi connectivity index (χ0n) is 11.2. The first-order valence-corrected chi connectivity index (χ1v) is 6.67. The summed E-state index contributed by atoms with van der Waals surface area (Å²) < 4.78 is 0. The van der Waals surface area contributed by atoms with E-state index < -0.39 is 0 Å². The Morgan fingerprint density at radius 3 is 2.39 bits per heavy atom. The van der Waals surface area contributed by atoms with E-state index in [2.05, 4.69) is 44.2 Å². The Labute approximate surface area is 110 Å². The van der Waals surface area contributed by atoms with Gasteiger partial charge in [-0.15, -0.1) is 0 Å². The summed E-state index contributed by atoms with van der Waals surface area (Å²) in [7, 11) is 0. The van der Waals surface area contributed by atoms with E-state index in [9.17, 15) is 0 Å². The van der Waals surface area contributed by atoms with Gasteiger partial charge in [0, 0.05) is 11.3 Å². The molecule has 1 heteroatoms. The summed E-state index contributed by atoms with van der Waals surface area (Å²) >= 11 is 0. The second-order valence-electron chi connectivity index (χ2n) is 4.79. The Hall–Kier alpha value is -1.76. The maximum absolute atomic E-state index is 6.19. The second-order valence-corrected chi connectivity index (χ2v) is 4.79. The highest BCUT2D eigenvalue weighted by Gasteiger charge is 2.10. The largest absolute Gasteiger partial charge is 0.398 e. The van der Waals surface area contributed by atoms with E-state index in [0.29, 0.717) is 0 Å². The number of nitrogen functional groups attached to an aromatic ring is 1. The molecular weight excluding hydrogens is 218 g/mol. The van der Waals surface area contributed by atoms with Crippen LogP contribution in [0.5, 0.6) is 0 Å². The van der Waals surface area contributed by atoms with Gasteiger partial charge in [-0.05, 0) is 42.5 Å². The standard InChI is InChI=1S/C17H21N/c1-3-4-10-15-13(2)11-12-16(18)17(15)14-8-6-5-7-9-14/h5-9,11-12H,3-4,10,18H2,1-2H3. The van der Waals surface area contributed by atoms with E-state index in [1.165, 1.54) is 35.1 Å². The van der Waals surface area contributed by atoms with Crippen molar-refractivity contribution >= 4 is 5.69 Å². The third kappa shape index (κ3) is 2.56. The minimum Gasteiger partial charge on any atom is -0.398 e. The van der Waals surface area contributed by atoms with Crippen LogP contribution in [-0.2, 0) is 6.42 Å². The van der Waals surface area contributed by atoms with Gasteiger partial charge in [0.05, 0.1) is 0 Å². The van der Waals surface area contributed by atoms with E-state index in [1.807, 2.05) is 12.1 Å². The third-order valence-electron chi connectivity index (χ3n) is 3.42. The lowest BCUT2D eigenvalue weighted by Crippen LogP contribution is -1.99. The summed E-state index contributed by atoms with van der Waals surface area (Å²) in [6.45, 7) is 4.40. The molecule has 0 aliphatic rings. The summed E-state index contributed by atoms with van der Waals surface area (Å²) in [5.74, 6) is 0. The van der Waals surface area contributed by atoms with Crippen LogP contribution in [0.25, 0.3) is 11.1 Å². The van der Waals surface area contributed by atoms with Gasteiger partial charge in [-0.1, -0.05) is 49.7 Å². The lowest BCUT2D eigenvalue weighted by molar-refractivity contribution is 0.792. The van der Waals surface area contributed by atoms with E-state index in [1.54, 1.807) is 0 Å². The van der Waals surface area contributed by atoms with Crippen LogP contribution in [0.4, 0.5) is 5.69 Å². The fourth-order valence-electron chi connectivity index (χ4n) is 2.39. The van der Waals surface area contributed by atoms with Crippen LogP contribution in [0.15, 0.2) is 42.5 Å². The lowest BCUT2D eigenvalue weighted by atomic mass is 9.91. The van der Waals surface area contributed by atoms with Crippen LogP contribution >= 0.6 is 0 Å². The number of aryl methyl sites for hydroxylation is 1. The van der Waals surface area contributed by atoms with Crippen LogP contribution < -0.4 is 5.73 Å². The van der Waals surface area contributed by atoms with Crippen molar-refractivity contribution in [2.45, 2.75) is 33.1 Å². The molecule has 0 fully saturated rings. The van der Waals surface area contributed by atoms with Crippen LogP contribution in [0.2, 0.25) is 0 Å². The highest BCUT2D eigenvalue weighted by Crippen LogP contribution is 2.32. The molecule has 94 valence electrons. The molecule has 1 nitrogen and oxygen atoms in total. The molecule has 2 aromatic rings. The van der Waals surface area contributed by atoms with Gasteiger partial charge in [0.1, 0.15) is 0 Å². The van der Waals surface area contributed by atoms with Gasteiger partial charge in [-0.25, -0.2) is 0 Å². The quantitative estimate of drug-likeness (QED) is 0.776. The van der Waals surface area contributed by atoms with Crippen molar-refractivity contribution in [3.8, 4) is 11.1 Å². The average molecular weight is 239 g/mol. The number of benzene rings is 2. The third-order valence-corrected chi connectivity index (χ3v) is 3.42. The molecule has 2 rings (SSSR count). The monoisotopic (exact) mass is 239 g/mol. The highest BCUT2D eigenvalue weighted by atomic mass is 14.6. The fraction of sp³-hybridized carbons (Fsp3) is 0.294. The predicted molar refractivity (Wildman–Crippen MR) is 79.6 cm³/mol. The molecule has 0 aliphatic carbocycles. The highest BCUT2D eigenvalue weighted by molar-refractivity contribution is 5.80. The molecule has 0 saturated carbocycles. The maximum Gasteiger partial charge on any atom is 0.0396 e. The fourth-order valence-corrected chi connectivity index (χ4v) is 2.39. The Balaban J connectivity index is 2.53. The number of hydrogen-bond donors (Lipinski definition) is 1. The zero-order valence-corrected chi connectivity index (χ0v) is 11.2. The van der Waals surface area contributed by atoms with E-state index in [4.69, 9.17) is 5.73 Å². The van der Waals surface area contributed by atoms with Crippen LogP contribution in [0, 0.1) is 6.92 Å². The van der Waals surface area contributed by atoms with E-state index >= 15 is 0 Å². The van der Waals surface area contributed by atoms with Gasteiger partial charge in [0.15, 0.2) is 0 Å². The minimum absolute atomic E-state index is 0.887. The molecule has 0 amide bonds. The van der Waals surface area contributed by atoms with Crippen LogP contribution in [0.1, 0.15) is 30.9 Å². The Morgan fingerprint density at radius 2 is 1.72 bits per heavy atom.